The van der Waals surface area contributed by atoms with Gasteiger partial charge in [-0.3, -0.25) is 4.72 Å². The van der Waals surface area contributed by atoms with Gasteiger partial charge in [0.05, 0.1) is 11.6 Å². The van der Waals surface area contributed by atoms with E-state index < -0.39 is 10.0 Å². The molecule has 0 bridgehead atoms. The molecule has 2 rings (SSSR count). The first-order valence-electron chi connectivity index (χ1n) is 6.09. The molecule has 0 amide bonds. The number of pyridine rings is 1. The second-order valence-corrected chi connectivity index (χ2v) is 6.19. The Morgan fingerprint density at radius 2 is 2.00 bits per heavy atom. The van der Waals surface area contributed by atoms with E-state index >= 15 is 0 Å². The Hall–Kier alpha value is -1.99. The van der Waals surface area contributed by atoms with Crippen molar-refractivity contribution < 1.29 is 13.2 Å². The molecule has 0 atom stereocenters. The lowest BCUT2D eigenvalue weighted by Gasteiger charge is -2.09. The van der Waals surface area contributed by atoms with Crippen LogP contribution in [0.15, 0.2) is 41.4 Å². The summed E-state index contributed by atoms with van der Waals surface area (Å²) in [5.41, 5.74) is 5.87. The second kappa shape index (κ2) is 6.19. The Kier molecular flexibility index (Phi) is 4.54. The Morgan fingerprint density at radius 3 is 2.57 bits per heavy atom. The molecule has 1 aromatic carbocycles. The van der Waals surface area contributed by atoms with E-state index in [1.807, 2.05) is 6.92 Å². The summed E-state index contributed by atoms with van der Waals surface area (Å²) in [5.74, 6) is 0.745. The standard InChI is InChI=1S/C13H14ClN3O3S/c1-2-20-10-5-3-9(4-6-10)17-21(18,19)11-7-12(14)13(15)16-8-11/h3-8,17H,2H2,1H3,(H2,15,16). The number of rotatable bonds is 5. The molecule has 8 heteroatoms. The molecule has 0 saturated carbocycles. The molecule has 6 nitrogen and oxygen atoms in total. The van der Waals surface area contributed by atoms with E-state index in [0.717, 1.165) is 6.20 Å². The van der Waals surface area contributed by atoms with Crippen LogP contribution in [0.4, 0.5) is 11.5 Å². The number of nitrogens with one attached hydrogen (secondary N) is 1. The molecule has 0 radical (unpaired) electrons. The highest BCUT2D eigenvalue weighted by molar-refractivity contribution is 7.92. The van der Waals surface area contributed by atoms with E-state index in [1.165, 1.54) is 6.07 Å². The first-order valence-corrected chi connectivity index (χ1v) is 7.95. The zero-order valence-corrected chi connectivity index (χ0v) is 12.8. The van der Waals surface area contributed by atoms with E-state index in [9.17, 15) is 8.42 Å². The molecule has 1 heterocycles. The summed E-state index contributed by atoms with van der Waals surface area (Å²) in [7, 11) is -3.77. The van der Waals surface area contributed by atoms with Crippen molar-refractivity contribution in [2.24, 2.45) is 0 Å². The van der Waals surface area contributed by atoms with E-state index in [1.54, 1.807) is 24.3 Å². The number of ether oxygens (including phenoxy) is 1. The summed E-state index contributed by atoms with van der Waals surface area (Å²) in [4.78, 5) is 3.67. The molecule has 0 aliphatic rings. The fourth-order valence-electron chi connectivity index (χ4n) is 1.58. The number of nitrogens with zero attached hydrogens (tertiary/aromatic N) is 1. The van der Waals surface area contributed by atoms with Gasteiger partial charge in [0.15, 0.2) is 0 Å². The first-order chi connectivity index (χ1) is 9.92. The SMILES string of the molecule is CCOc1ccc(NS(=O)(=O)c2cnc(N)c(Cl)c2)cc1. The summed E-state index contributed by atoms with van der Waals surface area (Å²) >= 11 is 5.78. The fourth-order valence-corrected chi connectivity index (χ4v) is 2.84. The van der Waals surface area contributed by atoms with E-state index in [4.69, 9.17) is 22.1 Å². The Morgan fingerprint density at radius 1 is 1.33 bits per heavy atom. The summed E-state index contributed by atoms with van der Waals surface area (Å²) in [6.45, 7) is 2.41. The molecule has 1 aromatic heterocycles. The number of nitrogen functional groups attached to an aromatic ring is 1. The van der Waals surface area contributed by atoms with Gasteiger partial charge in [-0.2, -0.15) is 0 Å². The lowest BCUT2D eigenvalue weighted by molar-refractivity contribution is 0.340. The van der Waals surface area contributed by atoms with Crippen LogP contribution in [-0.2, 0) is 10.0 Å². The first kappa shape index (κ1) is 15.4. The number of nitrogens with two attached hydrogens (primary N) is 1. The highest BCUT2D eigenvalue weighted by Gasteiger charge is 2.16. The minimum atomic E-state index is -3.77. The van der Waals surface area contributed by atoms with Crippen LogP contribution in [0.3, 0.4) is 0 Å². The molecule has 0 saturated heterocycles. The molecule has 0 aliphatic heterocycles. The largest absolute Gasteiger partial charge is 0.494 e. The Bertz CT molecular complexity index is 733. The molecule has 0 aliphatic carbocycles. The quantitative estimate of drug-likeness (QED) is 0.880. The zero-order valence-electron chi connectivity index (χ0n) is 11.2. The molecule has 0 fully saturated rings. The zero-order chi connectivity index (χ0) is 15.5. The van der Waals surface area contributed by atoms with Crippen molar-refractivity contribution in [1.29, 1.82) is 0 Å². The average molecular weight is 328 g/mol. The number of sulfonamides is 1. The summed E-state index contributed by atoms with van der Waals surface area (Å²) in [6.07, 6.45) is 1.15. The number of benzene rings is 1. The Labute approximate surface area is 128 Å². The maximum Gasteiger partial charge on any atom is 0.263 e. The van der Waals surface area contributed by atoms with Crippen molar-refractivity contribution >= 4 is 33.1 Å². The monoisotopic (exact) mass is 327 g/mol. The van der Waals surface area contributed by atoms with Crippen LogP contribution >= 0.6 is 11.6 Å². The Balaban J connectivity index is 2.22. The molecular weight excluding hydrogens is 314 g/mol. The van der Waals surface area contributed by atoms with Crippen LogP contribution in [0.1, 0.15) is 6.92 Å². The van der Waals surface area contributed by atoms with Crippen molar-refractivity contribution in [2.75, 3.05) is 17.1 Å². The van der Waals surface area contributed by atoms with Gasteiger partial charge in [-0.05, 0) is 37.3 Å². The molecular formula is C13H14ClN3O3S. The van der Waals surface area contributed by atoms with Crippen molar-refractivity contribution in [2.45, 2.75) is 11.8 Å². The average Bonchev–Trinajstić information content (AvgIpc) is 2.44. The van der Waals surface area contributed by atoms with Crippen molar-refractivity contribution in [3.05, 3.63) is 41.6 Å². The van der Waals surface area contributed by atoms with E-state index in [0.29, 0.717) is 18.0 Å². The predicted octanol–water partition coefficient (Wildman–Crippen LogP) is 2.52. The van der Waals surface area contributed by atoms with Gasteiger partial charge in [0.2, 0.25) is 0 Å². The summed E-state index contributed by atoms with van der Waals surface area (Å²) in [5, 5.41) is 0.0876. The van der Waals surface area contributed by atoms with Gasteiger partial charge in [-0.1, -0.05) is 11.6 Å². The van der Waals surface area contributed by atoms with Gasteiger partial charge in [0.25, 0.3) is 10.0 Å². The molecule has 2 aromatic rings. The van der Waals surface area contributed by atoms with Gasteiger partial charge in [0.1, 0.15) is 16.5 Å². The van der Waals surface area contributed by atoms with Gasteiger partial charge in [-0.15, -0.1) is 0 Å². The number of hydrogen-bond acceptors (Lipinski definition) is 5. The maximum absolute atomic E-state index is 12.2. The highest BCUT2D eigenvalue weighted by Crippen LogP contribution is 2.23. The third kappa shape index (κ3) is 3.77. The van der Waals surface area contributed by atoms with Crippen LogP contribution in [0.2, 0.25) is 5.02 Å². The van der Waals surface area contributed by atoms with Crippen LogP contribution in [-0.4, -0.2) is 20.0 Å². The van der Waals surface area contributed by atoms with Gasteiger partial charge in [-0.25, -0.2) is 13.4 Å². The molecule has 3 N–H and O–H groups in total. The van der Waals surface area contributed by atoms with Crippen molar-refractivity contribution in [3.63, 3.8) is 0 Å². The van der Waals surface area contributed by atoms with Crippen molar-refractivity contribution in [1.82, 2.24) is 4.98 Å². The summed E-state index contributed by atoms with van der Waals surface area (Å²) < 4.78 is 32.1. The van der Waals surface area contributed by atoms with Gasteiger partial charge in [0, 0.05) is 11.9 Å². The minimum absolute atomic E-state index is 0.0596. The van der Waals surface area contributed by atoms with Gasteiger partial charge >= 0.3 is 0 Å². The topological polar surface area (TPSA) is 94.3 Å². The predicted molar refractivity (Wildman–Crippen MR) is 82.1 cm³/mol. The lowest BCUT2D eigenvalue weighted by atomic mass is 10.3. The molecule has 112 valence electrons. The van der Waals surface area contributed by atoms with E-state index in [-0.39, 0.29) is 15.7 Å². The third-order valence-electron chi connectivity index (χ3n) is 2.57. The number of aromatic nitrogens is 1. The number of hydrogen-bond donors (Lipinski definition) is 2. The molecule has 0 spiro atoms. The molecule has 21 heavy (non-hydrogen) atoms. The van der Waals surface area contributed by atoms with Gasteiger partial charge < -0.3 is 10.5 Å². The summed E-state index contributed by atoms with van der Waals surface area (Å²) in [6, 6.07) is 7.82. The second-order valence-electron chi connectivity index (χ2n) is 4.10. The molecule has 0 unspecified atom stereocenters. The van der Waals surface area contributed by atoms with E-state index in [2.05, 4.69) is 9.71 Å². The maximum atomic E-state index is 12.2. The highest BCUT2D eigenvalue weighted by atomic mass is 35.5. The van der Waals surface area contributed by atoms with Crippen LogP contribution in [0, 0.1) is 0 Å². The third-order valence-corrected chi connectivity index (χ3v) is 4.22. The lowest BCUT2D eigenvalue weighted by Crippen LogP contribution is -2.13. The van der Waals surface area contributed by atoms with Crippen molar-refractivity contribution in [3.8, 4) is 5.75 Å². The smallest absolute Gasteiger partial charge is 0.263 e. The van der Waals surface area contributed by atoms with Crippen LogP contribution in [0.5, 0.6) is 5.75 Å². The minimum Gasteiger partial charge on any atom is -0.494 e. The normalized spacial score (nSPS) is 11.1. The fraction of sp³-hybridized carbons (Fsp3) is 0.154. The number of anilines is 2. The number of halogens is 1. The van der Waals surface area contributed by atoms with Crippen LogP contribution < -0.4 is 15.2 Å². The van der Waals surface area contributed by atoms with Crippen LogP contribution in [0.25, 0.3) is 0 Å².